The Balaban J connectivity index is 2.15. The normalized spacial score (nSPS) is 11.8. The first-order valence-corrected chi connectivity index (χ1v) is 7.70. The number of carbonyl (C=O) groups excluding carboxylic acids is 1. The molecule has 1 heterocycles. The van der Waals surface area contributed by atoms with E-state index in [0.29, 0.717) is 10.7 Å². The molecule has 0 aliphatic heterocycles. The van der Waals surface area contributed by atoms with Crippen LogP contribution in [0.15, 0.2) is 48.7 Å². The van der Waals surface area contributed by atoms with Crippen molar-refractivity contribution in [1.29, 1.82) is 0 Å². The molecule has 2 rings (SSSR count). The maximum Gasteiger partial charge on any atom is 0.322 e. The van der Waals surface area contributed by atoms with Gasteiger partial charge in [0, 0.05) is 13.2 Å². The number of pyridine rings is 1. The number of carbonyl (C=O) groups is 1. The van der Waals surface area contributed by atoms with Gasteiger partial charge in [0.05, 0.1) is 22.4 Å². The summed E-state index contributed by atoms with van der Waals surface area (Å²) in [7, 11) is 1.78. The fourth-order valence-corrected chi connectivity index (χ4v) is 2.48. The van der Waals surface area contributed by atoms with E-state index in [9.17, 15) is 4.79 Å². The van der Waals surface area contributed by atoms with E-state index in [1.165, 1.54) is 0 Å². The van der Waals surface area contributed by atoms with Gasteiger partial charge >= 0.3 is 6.03 Å². The largest absolute Gasteiger partial charge is 0.322 e. The first-order chi connectivity index (χ1) is 10.6. The lowest BCUT2D eigenvalue weighted by molar-refractivity contribution is 0.199. The molecule has 0 saturated heterocycles. The summed E-state index contributed by atoms with van der Waals surface area (Å²) in [6.45, 7) is 2.09. The Labute approximate surface area is 136 Å². The van der Waals surface area contributed by atoms with Crippen molar-refractivity contribution in [2.75, 3.05) is 12.4 Å². The number of halogens is 1. The Morgan fingerprint density at radius 1 is 1.27 bits per heavy atom. The third-order valence-corrected chi connectivity index (χ3v) is 3.82. The number of urea groups is 1. The highest BCUT2D eigenvalue weighted by Gasteiger charge is 2.22. The van der Waals surface area contributed by atoms with E-state index in [-0.39, 0.29) is 12.1 Å². The molecule has 1 N–H and O–H groups in total. The molecule has 0 aliphatic rings. The number of benzene rings is 1. The van der Waals surface area contributed by atoms with Gasteiger partial charge < -0.3 is 10.2 Å². The van der Waals surface area contributed by atoms with Crippen LogP contribution >= 0.6 is 11.6 Å². The second-order valence-electron chi connectivity index (χ2n) is 5.08. The molecule has 0 radical (unpaired) electrons. The number of hydrogen-bond acceptors (Lipinski definition) is 2. The van der Waals surface area contributed by atoms with Crippen LogP contribution in [0.3, 0.4) is 0 Å². The van der Waals surface area contributed by atoms with Crippen LogP contribution in [0.1, 0.15) is 31.5 Å². The van der Waals surface area contributed by atoms with Crippen LogP contribution in [-0.4, -0.2) is 23.0 Å². The first kappa shape index (κ1) is 16.3. The van der Waals surface area contributed by atoms with Crippen molar-refractivity contribution in [2.45, 2.75) is 25.8 Å². The molecule has 5 heteroatoms. The van der Waals surface area contributed by atoms with Gasteiger partial charge in [0.25, 0.3) is 0 Å². The molecule has 2 aromatic rings. The van der Waals surface area contributed by atoms with Gasteiger partial charge in [-0.2, -0.15) is 0 Å². The molecule has 0 bridgehead atoms. The van der Waals surface area contributed by atoms with Crippen molar-refractivity contribution in [3.63, 3.8) is 0 Å². The smallest absolute Gasteiger partial charge is 0.319 e. The highest BCUT2D eigenvalue weighted by Crippen LogP contribution is 2.25. The zero-order valence-corrected chi connectivity index (χ0v) is 13.5. The second-order valence-corrected chi connectivity index (χ2v) is 5.49. The maximum atomic E-state index is 12.5. The van der Waals surface area contributed by atoms with Gasteiger partial charge in [-0.1, -0.05) is 43.1 Å². The maximum absolute atomic E-state index is 12.5. The topological polar surface area (TPSA) is 45.2 Å². The number of aromatic nitrogens is 1. The Hall–Kier alpha value is -2.07. The lowest BCUT2D eigenvalue weighted by atomic mass is 10.1. The van der Waals surface area contributed by atoms with Gasteiger partial charge in [0.15, 0.2) is 0 Å². The molecule has 0 unspecified atom stereocenters. The lowest BCUT2D eigenvalue weighted by Crippen LogP contribution is -2.35. The van der Waals surface area contributed by atoms with Gasteiger partial charge in [-0.25, -0.2) is 4.79 Å². The Bertz CT molecular complexity index is 618. The van der Waals surface area contributed by atoms with E-state index in [2.05, 4.69) is 17.2 Å². The number of amides is 2. The highest BCUT2D eigenvalue weighted by atomic mass is 35.5. The molecule has 1 atom stereocenters. The van der Waals surface area contributed by atoms with Crippen LogP contribution in [-0.2, 0) is 0 Å². The summed E-state index contributed by atoms with van der Waals surface area (Å²) < 4.78 is 0. The van der Waals surface area contributed by atoms with Crippen LogP contribution in [0.4, 0.5) is 10.5 Å². The second kappa shape index (κ2) is 7.80. The fraction of sp³-hybridized carbons (Fsp3) is 0.294. The van der Waals surface area contributed by atoms with Crippen LogP contribution in [0, 0.1) is 0 Å². The molecule has 0 saturated carbocycles. The average Bonchev–Trinajstić information content (AvgIpc) is 2.55. The number of rotatable bonds is 5. The number of anilines is 1. The highest BCUT2D eigenvalue weighted by molar-refractivity contribution is 6.33. The van der Waals surface area contributed by atoms with E-state index >= 15 is 0 Å². The third kappa shape index (κ3) is 3.98. The first-order valence-electron chi connectivity index (χ1n) is 7.32. The molecule has 0 spiro atoms. The molecule has 2 amide bonds. The van der Waals surface area contributed by atoms with E-state index in [1.54, 1.807) is 30.3 Å². The Kier molecular flexibility index (Phi) is 5.78. The average molecular weight is 318 g/mol. The minimum absolute atomic E-state index is 0.0614. The minimum atomic E-state index is -0.197. The van der Waals surface area contributed by atoms with Crippen LogP contribution in [0.25, 0.3) is 0 Å². The molecule has 0 fully saturated rings. The third-order valence-electron chi connectivity index (χ3n) is 3.49. The quantitative estimate of drug-likeness (QED) is 0.865. The molecule has 22 heavy (non-hydrogen) atoms. The molecular formula is C17H20ClN3O. The fourth-order valence-electron chi connectivity index (χ4n) is 2.29. The summed E-state index contributed by atoms with van der Waals surface area (Å²) in [6.07, 6.45) is 3.56. The van der Waals surface area contributed by atoms with Crippen LogP contribution in [0.2, 0.25) is 5.02 Å². The SMILES string of the molecule is CCC[C@@H](c1ccccn1)N(C)C(=O)Nc1ccccc1Cl. The van der Waals surface area contributed by atoms with Gasteiger partial charge in [-0.15, -0.1) is 0 Å². The summed E-state index contributed by atoms with van der Waals surface area (Å²) in [5, 5.41) is 3.37. The zero-order valence-electron chi connectivity index (χ0n) is 12.8. The van der Waals surface area contributed by atoms with Crippen molar-refractivity contribution in [2.24, 2.45) is 0 Å². The number of nitrogens with one attached hydrogen (secondary N) is 1. The van der Waals surface area contributed by atoms with Crippen molar-refractivity contribution < 1.29 is 4.79 Å². The molecule has 0 aliphatic carbocycles. The van der Waals surface area contributed by atoms with Crippen molar-refractivity contribution >= 4 is 23.3 Å². The molecule has 116 valence electrons. The predicted molar refractivity (Wildman–Crippen MR) is 90.1 cm³/mol. The summed E-state index contributed by atoms with van der Waals surface area (Å²) in [6, 6.07) is 12.7. The summed E-state index contributed by atoms with van der Waals surface area (Å²) in [5.41, 5.74) is 1.50. The Morgan fingerprint density at radius 2 is 2.00 bits per heavy atom. The summed E-state index contributed by atoms with van der Waals surface area (Å²) in [4.78, 5) is 18.5. The van der Waals surface area contributed by atoms with Crippen molar-refractivity contribution in [3.05, 3.63) is 59.4 Å². The number of para-hydroxylation sites is 1. The Morgan fingerprint density at radius 3 is 2.64 bits per heavy atom. The zero-order chi connectivity index (χ0) is 15.9. The minimum Gasteiger partial charge on any atom is -0.319 e. The standard InChI is InChI=1S/C17H20ClN3O/c1-3-8-16(15-11-6-7-12-19-15)21(2)17(22)20-14-10-5-4-9-13(14)18/h4-7,9-12,16H,3,8H2,1-2H3,(H,20,22)/t16-/m0/s1. The van der Waals surface area contributed by atoms with Crippen LogP contribution in [0.5, 0.6) is 0 Å². The van der Waals surface area contributed by atoms with Gasteiger partial charge in [0.1, 0.15) is 0 Å². The van der Waals surface area contributed by atoms with Crippen LogP contribution < -0.4 is 5.32 Å². The van der Waals surface area contributed by atoms with E-state index in [0.717, 1.165) is 18.5 Å². The molecular weight excluding hydrogens is 298 g/mol. The van der Waals surface area contributed by atoms with Gasteiger partial charge in [-0.05, 0) is 30.7 Å². The van der Waals surface area contributed by atoms with Crippen molar-refractivity contribution in [1.82, 2.24) is 9.88 Å². The summed E-state index contributed by atoms with van der Waals surface area (Å²) in [5.74, 6) is 0. The van der Waals surface area contributed by atoms with Gasteiger partial charge in [-0.3, -0.25) is 4.98 Å². The number of nitrogens with zero attached hydrogens (tertiary/aromatic N) is 2. The molecule has 4 nitrogen and oxygen atoms in total. The molecule has 1 aromatic heterocycles. The lowest BCUT2D eigenvalue weighted by Gasteiger charge is -2.28. The monoisotopic (exact) mass is 317 g/mol. The van der Waals surface area contributed by atoms with Gasteiger partial charge in [0.2, 0.25) is 0 Å². The molecule has 1 aromatic carbocycles. The summed E-state index contributed by atoms with van der Waals surface area (Å²) >= 11 is 6.09. The van der Waals surface area contributed by atoms with E-state index in [4.69, 9.17) is 11.6 Å². The van der Waals surface area contributed by atoms with Crippen molar-refractivity contribution in [3.8, 4) is 0 Å². The predicted octanol–water partition coefficient (Wildman–Crippen LogP) is 4.74. The van der Waals surface area contributed by atoms with E-state index < -0.39 is 0 Å². The number of hydrogen-bond donors (Lipinski definition) is 1. The van der Waals surface area contributed by atoms with E-state index in [1.807, 2.05) is 30.3 Å².